The van der Waals surface area contributed by atoms with Crippen LogP contribution in [-0.4, -0.2) is 30.7 Å². The van der Waals surface area contributed by atoms with Crippen molar-refractivity contribution >= 4 is 39.2 Å². The summed E-state index contributed by atoms with van der Waals surface area (Å²) in [7, 11) is 1.07. The number of benzene rings is 2. The predicted molar refractivity (Wildman–Crippen MR) is 90.2 cm³/mol. The van der Waals surface area contributed by atoms with Crippen molar-refractivity contribution in [1.29, 1.82) is 0 Å². The van der Waals surface area contributed by atoms with Gasteiger partial charge in [0.05, 0.1) is 12.8 Å². The number of Topliss-reactive ketones (excluding diaryl/α,β-unsaturated/α-hetero) is 2. The van der Waals surface area contributed by atoms with Crippen molar-refractivity contribution in [2.24, 2.45) is 10.2 Å². The smallest absolute Gasteiger partial charge is 0.377 e. The van der Waals surface area contributed by atoms with E-state index in [1.807, 2.05) is 0 Å². The molecule has 0 aliphatic carbocycles. The predicted octanol–water partition coefficient (Wildman–Crippen LogP) is 3.53. The van der Waals surface area contributed by atoms with Crippen molar-refractivity contribution in [3.05, 3.63) is 64.6 Å². The maximum Gasteiger partial charge on any atom is 0.377 e. The molecule has 2 aromatic rings. The van der Waals surface area contributed by atoms with Crippen LogP contribution in [0.4, 0.5) is 5.69 Å². The highest BCUT2D eigenvalue weighted by Crippen LogP contribution is 2.16. The van der Waals surface area contributed by atoms with Gasteiger partial charge in [-0.1, -0.05) is 46.3 Å². The highest BCUT2D eigenvalue weighted by molar-refractivity contribution is 9.10. The number of azo groups is 1. The normalized spacial score (nSPS) is 11.9. The second-order valence-electron chi connectivity index (χ2n) is 4.68. The number of rotatable bonds is 6. The Morgan fingerprint density at radius 1 is 1.00 bits per heavy atom. The van der Waals surface area contributed by atoms with Crippen LogP contribution < -0.4 is 0 Å². The molecule has 0 N–H and O–H groups in total. The molecule has 2 aromatic carbocycles. The summed E-state index contributed by atoms with van der Waals surface area (Å²) in [5, 5.41) is 7.65. The molecule has 7 heteroatoms. The highest BCUT2D eigenvalue weighted by atomic mass is 79.9. The van der Waals surface area contributed by atoms with Crippen LogP contribution in [0, 0.1) is 0 Å². The second-order valence-corrected chi connectivity index (χ2v) is 5.60. The third-order valence-electron chi connectivity index (χ3n) is 3.06. The van der Waals surface area contributed by atoms with E-state index >= 15 is 0 Å². The van der Waals surface area contributed by atoms with E-state index in [1.165, 1.54) is 12.1 Å². The maximum absolute atomic E-state index is 12.5. The Morgan fingerprint density at radius 2 is 1.62 bits per heavy atom. The Bertz CT molecular complexity index is 773. The fraction of sp³-hybridized carbons (Fsp3) is 0.118. The van der Waals surface area contributed by atoms with E-state index in [4.69, 9.17) is 0 Å². The van der Waals surface area contributed by atoms with Crippen LogP contribution in [0.15, 0.2) is 69.3 Å². The van der Waals surface area contributed by atoms with Crippen molar-refractivity contribution < 1.29 is 19.1 Å². The van der Waals surface area contributed by atoms with Gasteiger partial charge in [-0.15, -0.1) is 0 Å². The number of ether oxygens (including phenoxy) is 1. The SMILES string of the molecule is COC(=O)C(=O)C(N=Nc1ccccc1)C(=O)c1ccc(Br)cc1. The lowest BCUT2D eigenvalue weighted by atomic mass is 10.0. The maximum atomic E-state index is 12.5. The van der Waals surface area contributed by atoms with E-state index in [1.54, 1.807) is 42.5 Å². The van der Waals surface area contributed by atoms with Crippen molar-refractivity contribution in [3.8, 4) is 0 Å². The number of ketones is 2. The minimum atomic E-state index is -1.58. The number of hydrogen-bond donors (Lipinski definition) is 0. The molecule has 0 spiro atoms. The third kappa shape index (κ3) is 4.42. The molecule has 1 unspecified atom stereocenters. The van der Waals surface area contributed by atoms with E-state index in [2.05, 4.69) is 30.9 Å². The molecule has 0 bridgehead atoms. The number of esters is 1. The lowest BCUT2D eigenvalue weighted by Crippen LogP contribution is -2.34. The van der Waals surface area contributed by atoms with E-state index in [9.17, 15) is 14.4 Å². The highest BCUT2D eigenvalue weighted by Gasteiger charge is 2.33. The first-order chi connectivity index (χ1) is 11.5. The summed E-state index contributed by atoms with van der Waals surface area (Å²) in [5.74, 6) is -2.83. The van der Waals surface area contributed by atoms with Gasteiger partial charge in [-0.25, -0.2) is 4.79 Å². The molecule has 0 aliphatic rings. The molecule has 6 nitrogen and oxygen atoms in total. The number of hydrogen-bond acceptors (Lipinski definition) is 6. The average Bonchev–Trinajstić information content (AvgIpc) is 2.62. The monoisotopic (exact) mass is 388 g/mol. The first-order valence-corrected chi connectivity index (χ1v) is 7.70. The van der Waals surface area contributed by atoms with E-state index in [0.717, 1.165) is 11.6 Å². The summed E-state index contributed by atoms with van der Waals surface area (Å²) >= 11 is 3.26. The molecule has 0 aliphatic heterocycles. The molecule has 24 heavy (non-hydrogen) atoms. The summed E-state index contributed by atoms with van der Waals surface area (Å²) in [5.41, 5.74) is 0.705. The minimum absolute atomic E-state index is 0.243. The summed E-state index contributed by atoms with van der Waals surface area (Å²) < 4.78 is 5.18. The minimum Gasteiger partial charge on any atom is -0.463 e. The van der Waals surface area contributed by atoms with Crippen LogP contribution >= 0.6 is 15.9 Å². The summed E-state index contributed by atoms with van der Waals surface area (Å²) in [4.78, 5) is 36.2. The lowest BCUT2D eigenvalue weighted by Gasteiger charge is -2.08. The van der Waals surface area contributed by atoms with Gasteiger partial charge in [-0.2, -0.15) is 10.2 Å². The largest absolute Gasteiger partial charge is 0.463 e. The Balaban J connectivity index is 2.33. The number of methoxy groups -OCH3 is 1. The molecule has 0 aromatic heterocycles. The molecule has 0 radical (unpaired) electrons. The van der Waals surface area contributed by atoms with Crippen LogP contribution in [0.1, 0.15) is 10.4 Å². The van der Waals surface area contributed by atoms with Gasteiger partial charge in [-0.3, -0.25) is 9.59 Å². The zero-order chi connectivity index (χ0) is 17.5. The number of nitrogens with zero attached hydrogens (tertiary/aromatic N) is 2. The Hall–Kier alpha value is -2.67. The zero-order valence-corrected chi connectivity index (χ0v) is 14.3. The fourth-order valence-corrected chi connectivity index (χ4v) is 2.09. The number of carbonyl (C=O) groups excluding carboxylic acids is 3. The van der Waals surface area contributed by atoms with Crippen molar-refractivity contribution in [1.82, 2.24) is 0 Å². The van der Waals surface area contributed by atoms with Crippen molar-refractivity contribution in [2.45, 2.75) is 6.04 Å². The molecule has 0 fully saturated rings. The van der Waals surface area contributed by atoms with Crippen molar-refractivity contribution in [3.63, 3.8) is 0 Å². The molecule has 0 saturated carbocycles. The van der Waals surface area contributed by atoms with Crippen LogP contribution in [0.5, 0.6) is 0 Å². The first kappa shape index (κ1) is 17.7. The van der Waals surface area contributed by atoms with Gasteiger partial charge in [0.2, 0.25) is 6.04 Å². The number of halogens is 1. The molecule has 0 heterocycles. The molecule has 122 valence electrons. The lowest BCUT2D eigenvalue weighted by molar-refractivity contribution is -0.151. The summed E-state index contributed by atoms with van der Waals surface area (Å²) in [6.45, 7) is 0. The molecular weight excluding hydrogens is 376 g/mol. The molecular formula is C17H13BrN2O4. The van der Waals surface area contributed by atoms with Gasteiger partial charge in [0.25, 0.3) is 5.78 Å². The summed E-state index contributed by atoms with van der Waals surface area (Å²) in [6.07, 6.45) is 0. The van der Waals surface area contributed by atoms with Crippen LogP contribution in [0.3, 0.4) is 0 Å². The molecule has 2 rings (SSSR count). The quantitative estimate of drug-likeness (QED) is 0.249. The van der Waals surface area contributed by atoms with Crippen LogP contribution in [0.2, 0.25) is 0 Å². The zero-order valence-electron chi connectivity index (χ0n) is 12.7. The van der Waals surface area contributed by atoms with Gasteiger partial charge in [0.1, 0.15) is 0 Å². The average molecular weight is 389 g/mol. The number of carbonyl (C=O) groups is 3. The van der Waals surface area contributed by atoms with Gasteiger partial charge in [0.15, 0.2) is 5.78 Å². The van der Waals surface area contributed by atoms with Crippen molar-refractivity contribution in [2.75, 3.05) is 7.11 Å². The second kappa shape index (κ2) is 8.26. The van der Waals surface area contributed by atoms with Crippen LogP contribution in [-0.2, 0) is 14.3 Å². The molecule has 1 atom stereocenters. The van der Waals surface area contributed by atoms with E-state index < -0.39 is 23.6 Å². The standard InChI is InChI=1S/C17H13BrN2O4/c1-24-17(23)16(22)14(20-19-13-5-3-2-4-6-13)15(21)11-7-9-12(18)10-8-11/h2-10,14H,1H3. The first-order valence-electron chi connectivity index (χ1n) is 6.90. The summed E-state index contributed by atoms with van der Waals surface area (Å²) in [6, 6.07) is 13.4. The Morgan fingerprint density at radius 3 is 2.21 bits per heavy atom. The van der Waals surface area contributed by atoms with Crippen LogP contribution in [0.25, 0.3) is 0 Å². The molecule has 0 amide bonds. The van der Waals surface area contributed by atoms with Gasteiger partial charge in [0, 0.05) is 10.0 Å². The Kier molecular flexibility index (Phi) is 6.08. The fourth-order valence-electron chi connectivity index (χ4n) is 1.83. The van der Waals surface area contributed by atoms with E-state index in [-0.39, 0.29) is 5.56 Å². The van der Waals surface area contributed by atoms with Gasteiger partial charge < -0.3 is 4.74 Å². The molecule has 0 saturated heterocycles. The van der Waals surface area contributed by atoms with E-state index in [0.29, 0.717) is 5.69 Å². The third-order valence-corrected chi connectivity index (χ3v) is 3.59. The van der Waals surface area contributed by atoms with Gasteiger partial charge in [-0.05, 0) is 24.3 Å². The van der Waals surface area contributed by atoms with Gasteiger partial charge >= 0.3 is 5.97 Å². The Labute approximate surface area is 146 Å². The topological polar surface area (TPSA) is 85.2 Å².